The zero-order valence-corrected chi connectivity index (χ0v) is 16.6. The van der Waals surface area contributed by atoms with Gasteiger partial charge in [-0.15, -0.1) is 0 Å². The maximum atomic E-state index is 6.16. The van der Waals surface area contributed by atoms with E-state index in [0.717, 1.165) is 33.3 Å². The van der Waals surface area contributed by atoms with Crippen LogP contribution in [0.1, 0.15) is 0 Å². The van der Waals surface area contributed by atoms with Crippen LogP contribution >= 0.6 is 0 Å². The van der Waals surface area contributed by atoms with Crippen molar-refractivity contribution in [1.29, 1.82) is 0 Å². The second kappa shape index (κ2) is 7.92. The Balaban J connectivity index is 1.61. The van der Waals surface area contributed by atoms with Crippen LogP contribution < -0.4 is 10.4 Å². The second-order valence-electron chi connectivity index (χ2n) is 7.34. The Morgan fingerprint density at radius 2 is 1.07 bits per heavy atom. The summed E-state index contributed by atoms with van der Waals surface area (Å²) >= 11 is 0. The zero-order chi connectivity index (χ0) is 20.3. The molecule has 5 aromatic carbocycles. The van der Waals surface area contributed by atoms with Gasteiger partial charge in [-0.2, -0.15) is 0 Å². The summed E-state index contributed by atoms with van der Waals surface area (Å²) in [4.78, 5) is 2.28. The van der Waals surface area contributed by atoms with Crippen molar-refractivity contribution in [2.45, 2.75) is 0 Å². The Kier molecular flexibility index (Phi) is 4.82. The Morgan fingerprint density at radius 1 is 0.467 bits per heavy atom. The van der Waals surface area contributed by atoms with Crippen LogP contribution in [0.15, 0.2) is 121 Å². The second-order valence-corrected chi connectivity index (χ2v) is 7.34. The third-order valence-electron chi connectivity index (χ3n) is 5.40. The van der Waals surface area contributed by atoms with Gasteiger partial charge >= 0.3 is 0 Å². The van der Waals surface area contributed by atoms with E-state index in [2.05, 4.69) is 102 Å². The first-order valence-electron chi connectivity index (χ1n) is 10.1. The molecule has 0 spiro atoms. The van der Waals surface area contributed by atoms with Crippen LogP contribution in [0.3, 0.4) is 0 Å². The van der Waals surface area contributed by atoms with Crippen molar-refractivity contribution in [2.24, 2.45) is 0 Å². The van der Waals surface area contributed by atoms with E-state index in [1.165, 1.54) is 11.1 Å². The number of benzene rings is 5. The van der Waals surface area contributed by atoms with Gasteiger partial charge in [-0.3, -0.25) is 0 Å². The third kappa shape index (κ3) is 3.49. The summed E-state index contributed by atoms with van der Waals surface area (Å²) in [5.41, 5.74) is 6.57. The van der Waals surface area contributed by atoms with Crippen LogP contribution in [-0.2, 0) is 0 Å². The summed E-state index contributed by atoms with van der Waals surface area (Å²) in [6.45, 7) is 0. The van der Waals surface area contributed by atoms with Crippen molar-refractivity contribution in [3.63, 3.8) is 0 Å². The molecule has 0 saturated carbocycles. The Hall–Kier alpha value is -3.78. The largest absolute Gasteiger partial charge is 0.310 e. The molecule has 0 amide bonds. The molecule has 140 valence electrons. The highest BCUT2D eigenvalue weighted by molar-refractivity contribution is 6.38. The Labute approximate surface area is 178 Å². The first-order chi connectivity index (χ1) is 14.8. The summed E-state index contributed by atoms with van der Waals surface area (Å²) in [5.74, 6) is 0. The molecular weight excluding hydrogens is 361 g/mol. The van der Waals surface area contributed by atoms with Gasteiger partial charge < -0.3 is 4.90 Å². The van der Waals surface area contributed by atoms with Gasteiger partial charge in [-0.25, -0.2) is 0 Å². The van der Waals surface area contributed by atoms with Gasteiger partial charge in [0.25, 0.3) is 0 Å². The number of rotatable bonds is 4. The van der Waals surface area contributed by atoms with Crippen LogP contribution in [0.5, 0.6) is 0 Å². The van der Waals surface area contributed by atoms with E-state index < -0.39 is 0 Å². The number of fused-ring (bicyclic) bond motifs is 1. The lowest BCUT2D eigenvalue weighted by molar-refractivity contribution is 1.29. The fraction of sp³-hybridized carbons (Fsp3) is 0. The number of hydrogen-bond acceptors (Lipinski definition) is 1. The van der Waals surface area contributed by atoms with Gasteiger partial charge in [0.1, 0.15) is 7.85 Å². The van der Waals surface area contributed by atoms with Gasteiger partial charge in [0.15, 0.2) is 0 Å². The quantitative estimate of drug-likeness (QED) is 0.311. The zero-order valence-electron chi connectivity index (χ0n) is 16.6. The molecule has 0 aliphatic rings. The van der Waals surface area contributed by atoms with Gasteiger partial charge in [-0.1, -0.05) is 90.4 Å². The Bertz CT molecular complexity index is 1280. The Morgan fingerprint density at radius 3 is 1.80 bits per heavy atom. The van der Waals surface area contributed by atoms with E-state index in [1.807, 2.05) is 24.3 Å². The molecule has 0 saturated heterocycles. The maximum Gasteiger partial charge on any atom is 0.114 e. The van der Waals surface area contributed by atoms with E-state index in [0.29, 0.717) is 0 Å². The monoisotopic (exact) mass is 381 g/mol. The number of hydrogen-bond donors (Lipinski definition) is 0. The van der Waals surface area contributed by atoms with Crippen LogP contribution in [0, 0.1) is 0 Å². The molecule has 0 aliphatic heterocycles. The van der Waals surface area contributed by atoms with Gasteiger partial charge in [0, 0.05) is 17.1 Å². The van der Waals surface area contributed by atoms with E-state index >= 15 is 0 Å². The summed E-state index contributed by atoms with van der Waals surface area (Å²) < 4.78 is 0. The molecule has 2 heteroatoms. The molecule has 0 fully saturated rings. The number of nitrogens with zero attached hydrogens (tertiary/aromatic N) is 1. The average Bonchev–Trinajstić information content (AvgIpc) is 2.81. The standard InChI is InChI=1S/C28H20BN/c29-28-13-7-10-23-20-26(18-19-27(23)28)30(24-11-5-2-6-12-24)25-16-14-22(15-17-25)21-8-3-1-4-9-21/h1-20H. The minimum Gasteiger partial charge on any atom is -0.310 e. The van der Waals surface area contributed by atoms with Gasteiger partial charge in [0.2, 0.25) is 0 Å². The van der Waals surface area contributed by atoms with Crippen molar-refractivity contribution < 1.29 is 0 Å². The number of para-hydroxylation sites is 1. The van der Waals surface area contributed by atoms with Crippen molar-refractivity contribution in [3.8, 4) is 11.1 Å². The molecule has 0 bridgehead atoms. The molecular formula is C28H20BN. The van der Waals surface area contributed by atoms with Crippen LogP contribution in [0.4, 0.5) is 17.1 Å². The van der Waals surface area contributed by atoms with Crippen molar-refractivity contribution in [1.82, 2.24) is 0 Å². The third-order valence-corrected chi connectivity index (χ3v) is 5.40. The van der Waals surface area contributed by atoms with Gasteiger partial charge in [0.05, 0.1) is 0 Å². The molecule has 5 rings (SSSR count). The molecule has 5 aromatic rings. The molecule has 2 radical (unpaired) electrons. The van der Waals surface area contributed by atoms with Crippen molar-refractivity contribution in [3.05, 3.63) is 121 Å². The van der Waals surface area contributed by atoms with Crippen molar-refractivity contribution in [2.75, 3.05) is 4.90 Å². The SMILES string of the molecule is [B]c1cccc2cc(N(c3ccccc3)c3ccc(-c4ccccc4)cc3)ccc12. The molecule has 0 atom stereocenters. The summed E-state index contributed by atoms with van der Waals surface area (Å²) in [5, 5.41) is 2.21. The highest BCUT2D eigenvalue weighted by Gasteiger charge is 2.13. The van der Waals surface area contributed by atoms with Crippen LogP contribution in [0.25, 0.3) is 21.9 Å². The van der Waals surface area contributed by atoms with Gasteiger partial charge in [-0.05, 0) is 58.3 Å². The highest BCUT2D eigenvalue weighted by Crippen LogP contribution is 2.36. The summed E-state index contributed by atoms with van der Waals surface area (Å²) in [6, 6.07) is 42.1. The lowest BCUT2D eigenvalue weighted by Crippen LogP contribution is -2.10. The molecule has 0 unspecified atom stereocenters. The average molecular weight is 381 g/mol. The smallest absolute Gasteiger partial charge is 0.114 e. The van der Waals surface area contributed by atoms with Crippen LogP contribution in [-0.4, -0.2) is 7.85 Å². The minimum atomic E-state index is 0.803. The number of anilines is 3. The fourth-order valence-electron chi connectivity index (χ4n) is 3.89. The molecule has 0 heterocycles. The minimum absolute atomic E-state index is 0.803. The molecule has 0 N–H and O–H groups in total. The first-order valence-corrected chi connectivity index (χ1v) is 10.1. The van der Waals surface area contributed by atoms with E-state index in [-0.39, 0.29) is 0 Å². The summed E-state index contributed by atoms with van der Waals surface area (Å²) in [6.07, 6.45) is 0. The summed E-state index contributed by atoms with van der Waals surface area (Å²) in [7, 11) is 6.16. The lowest BCUT2D eigenvalue weighted by Gasteiger charge is -2.26. The predicted octanol–water partition coefficient (Wildman–Crippen LogP) is 6.77. The molecule has 0 aliphatic carbocycles. The van der Waals surface area contributed by atoms with E-state index in [9.17, 15) is 0 Å². The fourth-order valence-corrected chi connectivity index (χ4v) is 3.89. The highest BCUT2D eigenvalue weighted by atomic mass is 15.1. The van der Waals surface area contributed by atoms with Crippen LogP contribution in [0.2, 0.25) is 0 Å². The molecule has 30 heavy (non-hydrogen) atoms. The molecule has 1 nitrogen and oxygen atoms in total. The lowest BCUT2D eigenvalue weighted by atomic mass is 9.90. The predicted molar refractivity (Wildman–Crippen MR) is 129 cm³/mol. The van der Waals surface area contributed by atoms with E-state index in [1.54, 1.807) is 0 Å². The molecule has 0 aromatic heterocycles. The normalized spacial score (nSPS) is 10.8. The van der Waals surface area contributed by atoms with E-state index in [4.69, 9.17) is 7.85 Å². The topological polar surface area (TPSA) is 3.24 Å². The maximum absolute atomic E-state index is 6.16. The van der Waals surface area contributed by atoms with Crippen molar-refractivity contribution >= 4 is 41.1 Å². The first kappa shape index (κ1) is 18.3.